The average molecular weight is 362 g/mol. The van der Waals surface area contributed by atoms with Gasteiger partial charge in [-0.15, -0.1) is 0 Å². The van der Waals surface area contributed by atoms with Crippen molar-refractivity contribution in [3.8, 4) is 5.75 Å². The standard InChI is InChI=1S/C20H18N4O3/c1-27-18-8-3-2-7-16(18)24-19(25)14-9-11-22-17(12-14)20(26)23-13-15-6-4-5-10-21-15/h2-12H,13H2,1H3,(H,23,26)(H,24,25). The van der Waals surface area contributed by atoms with E-state index in [1.807, 2.05) is 18.2 Å². The quantitative estimate of drug-likeness (QED) is 0.703. The second-order valence-corrected chi connectivity index (χ2v) is 5.59. The second kappa shape index (κ2) is 8.57. The molecule has 1 aromatic carbocycles. The predicted molar refractivity (Wildman–Crippen MR) is 101 cm³/mol. The van der Waals surface area contributed by atoms with E-state index < -0.39 is 0 Å². The fraction of sp³-hybridized carbons (Fsp3) is 0.100. The molecule has 27 heavy (non-hydrogen) atoms. The summed E-state index contributed by atoms with van der Waals surface area (Å²) in [6.45, 7) is 0.277. The highest BCUT2D eigenvalue weighted by atomic mass is 16.5. The van der Waals surface area contributed by atoms with Crippen LogP contribution in [0.15, 0.2) is 67.0 Å². The van der Waals surface area contributed by atoms with E-state index >= 15 is 0 Å². The first-order valence-electron chi connectivity index (χ1n) is 8.26. The summed E-state index contributed by atoms with van der Waals surface area (Å²) in [7, 11) is 1.53. The zero-order valence-electron chi connectivity index (χ0n) is 14.7. The van der Waals surface area contributed by atoms with Crippen molar-refractivity contribution < 1.29 is 14.3 Å². The summed E-state index contributed by atoms with van der Waals surface area (Å²) < 4.78 is 5.22. The molecule has 7 heteroatoms. The molecule has 7 nitrogen and oxygen atoms in total. The first-order chi connectivity index (χ1) is 13.2. The van der Waals surface area contributed by atoms with Crippen LogP contribution >= 0.6 is 0 Å². The number of amides is 2. The molecule has 2 N–H and O–H groups in total. The lowest BCUT2D eigenvalue weighted by Gasteiger charge is -2.10. The summed E-state index contributed by atoms with van der Waals surface area (Å²) in [5, 5.41) is 5.50. The van der Waals surface area contributed by atoms with E-state index in [2.05, 4.69) is 20.6 Å². The van der Waals surface area contributed by atoms with Crippen LogP contribution in [0.25, 0.3) is 0 Å². The van der Waals surface area contributed by atoms with Crippen molar-refractivity contribution in [2.45, 2.75) is 6.54 Å². The number of pyridine rings is 2. The van der Waals surface area contributed by atoms with Crippen LogP contribution in [0.1, 0.15) is 26.5 Å². The van der Waals surface area contributed by atoms with Gasteiger partial charge in [0.15, 0.2) is 0 Å². The average Bonchev–Trinajstić information content (AvgIpc) is 2.73. The number of benzene rings is 1. The van der Waals surface area contributed by atoms with E-state index in [4.69, 9.17) is 4.74 Å². The van der Waals surface area contributed by atoms with Gasteiger partial charge in [-0.2, -0.15) is 0 Å². The zero-order valence-corrected chi connectivity index (χ0v) is 14.7. The molecule has 0 radical (unpaired) electrons. The predicted octanol–water partition coefficient (Wildman–Crippen LogP) is 2.67. The Labute approximate surface area is 156 Å². The SMILES string of the molecule is COc1ccccc1NC(=O)c1ccnc(C(=O)NCc2ccccn2)c1. The Bertz CT molecular complexity index is 945. The summed E-state index contributed by atoms with van der Waals surface area (Å²) >= 11 is 0. The van der Waals surface area contributed by atoms with Crippen LogP contribution in [0.5, 0.6) is 5.75 Å². The Morgan fingerprint density at radius 3 is 2.56 bits per heavy atom. The molecule has 0 fully saturated rings. The second-order valence-electron chi connectivity index (χ2n) is 5.59. The number of methoxy groups -OCH3 is 1. The van der Waals surface area contributed by atoms with Crippen molar-refractivity contribution >= 4 is 17.5 Å². The number of ether oxygens (including phenoxy) is 1. The molecule has 0 aliphatic heterocycles. The van der Waals surface area contributed by atoms with Gasteiger partial charge in [0.25, 0.3) is 11.8 Å². The third-order valence-electron chi connectivity index (χ3n) is 3.77. The van der Waals surface area contributed by atoms with Crippen molar-refractivity contribution in [3.05, 3.63) is 83.9 Å². The first kappa shape index (κ1) is 18.1. The lowest BCUT2D eigenvalue weighted by Crippen LogP contribution is -2.25. The fourth-order valence-corrected chi connectivity index (χ4v) is 2.40. The largest absolute Gasteiger partial charge is 0.495 e. The molecule has 0 aliphatic rings. The highest BCUT2D eigenvalue weighted by Gasteiger charge is 2.13. The van der Waals surface area contributed by atoms with E-state index in [9.17, 15) is 9.59 Å². The van der Waals surface area contributed by atoms with Crippen LogP contribution in [0.3, 0.4) is 0 Å². The Morgan fingerprint density at radius 2 is 1.78 bits per heavy atom. The normalized spacial score (nSPS) is 10.1. The number of nitrogens with zero attached hydrogens (tertiary/aromatic N) is 2. The molecule has 0 bridgehead atoms. The highest BCUT2D eigenvalue weighted by molar-refractivity contribution is 6.06. The number of carbonyl (C=O) groups excluding carboxylic acids is 2. The van der Waals surface area contributed by atoms with Gasteiger partial charge in [-0.25, -0.2) is 0 Å². The van der Waals surface area contributed by atoms with Gasteiger partial charge >= 0.3 is 0 Å². The Balaban J connectivity index is 1.69. The lowest BCUT2D eigenvalue weighted by molar-refractivity contribution is 0.0945. The molecular formula is C20H18N4O3. The van der Waals surface area contributed by atoms with Gasteiger partial charge in [-0.1, -0.05) is 18.2 Å². The fourth-order valence-electron chi connectivity index (χ4n) is 2.40. The van der Waals surface area contributed by atoms with E-state index in [1.54, 1.807) is 36.5 Å². The summed E-state index contributed by atoms with van der Waals surface area (Å²) in [5.74, 6) is -0.193. The number of hydrogen-bond acceptors (Lipinski definition) is 5. The smallest absolute Gasteiger partial charge is 0.270 e. The Kier molecular flexibility index (Phi) is 5.73. The third-order valence-corrected chi connectivity index (χ3v) is 3.77. The molecule has 0 saturated carbocycles. The van der Waals surface area contributed by atoms with Crippen molar-refractivity contribution in [1.29, 1.82) is 0 Å². The minimum absolute atomic E-state index is 0.151. The van der Waals surface area contributed by atoms with Gasteiger partial charge in [0.2, 0.25) is 0 Å². The van der Waals surface area contributed by atoms with Crippen LogP contribution in [-0.2, 0) is 6.54 Å². The number of para-hydroxylation sites is 2. The summed E-state index contributed by atoms with van der Waals surface area (Å²) in [6.07, 6.45) is 3.08. The first-order valence-corrected chi connectivity index (χ1v) is 8.26. The van der Waals surface area contributed by atoms with Gasteiger partial charge in [-0.05, 0) is 36.4 Å². The van der Waals surface area contributed by atoms with Gasteiger partial charge < -0.3 is 15.4 Å². The molecule has 0 spiro atoms. The van der Waals surface area contributed by atoms with Crippen LogP contribution in [-0.4, -0.2) is 28.9 Å². The number of nitrogens with one attached hydrogen (secondary N) is 2. The molecule has 2 amide bonds. The maximum atomic E-state index is 12.5. The molecule has 0 saturated heterocycles. The van der Waals surface area contributed by atoms with E-state index in [1.165, 1.54) is 19.4 Å². The molecule has 3 aromatic rings. The summed E-state index contributed by atoms with van der Waals surface area (Å²) in [5.41, 5.74) is 1.75. The molecule has 3 rings (SSSR count). The van der Waals surface area contributed by atoms with Crippen molar-refractivity contribution in [2.75, 3.05) is 12.4 Å². The molecular weight excluding hydrogens is 344 g/mol. The number of hydrogen-bond donors (Lipinski definition) is 2. The molecule has 2 heterocycles. The van der Waals surface area contributed by atoms with Crippen molar-refractivity contribution in [3.63, 3.8) is 0 Å². The van der Waals surface area contributed by atoms with Gasteiger partial charge in [0.1, 0.15) is 11.4 Å². The molecule has 0 unspecified atom stereocenters. The van der Waals surface area contributed by atoms with Crippen molar-refractivity contribution in [2.24, 2.45) is 0 Å². The van der Waals surface area contributed by atoms with E-state index in [0.717, 1.165) is 5.69 Å². The third kappa shape index (κ3) is 4.66. The van der Waals surface area contributed by atoms with Gasteiger partial charge in [0.05, 0.1) is 25.0 Å². The lowest BCUT2D eigenvalue weighted by atomic mass is 10.2. The summed E-state index contributed by atoms with van der Waals surface area (Å²) in [4.78, 5) is 33.0. The Morgan fingerprint density at radius 1 is 0.963 bits per heavy atom. The van der Waals surface area contributed by atoms with Crippen LogP contribution < -0.4 is 15.4 Å². The van der Waals surface area contributed by atoms with E-state index in [0.29, 0.717) is 17.0 Å². The van der Waals surface area contributed by atoms with Crippen LogP contribution in [0.4, 0.5) is 5.69 Å². The van der Waals surface area contributed by atoms with Gasteiger partial charge in [0, 0.05) is 18.0 Å². The Hall–Kier alpha value is -3.74. The number of aromatic nitrogens is 2. The van der Waals surface area contributed by atoms with Crippen molar-refractivity contribution in [1.82, 2.24) is 15.3 Å². The topological polar surface area (TPSA) is 93.2 Å². The highest BCUT2D eigenvalue weighted by Crippen LogP contribution is 2.23. The maximum Gasteiger partial charge on any atom is 0.270 e. The molecule has 2 aromatic heterocycles. The number of carbonyl (C=O) groups is 2. The summed E-state index contributed by atoms with van der Waals surface area (Å²) in [6, 6.07) is 15.5. The van der Waals surface area contributed by atoms with E-state index in [-0.39, 0.29) is 24.1 Å². The maximum absolute atomic E-state index is 12.5. The molecule has 136 valence electrons. The minimum Gasteiger partial charge on any atom is -0.495 e. The number of anilines is 1. The monoisotopic (exact) mass is 362 g/mol. The zero-order chi connectivity index (χ0) is 19.1. The minimum atomic E-state index is -0.382. The van der Waals surface area contributed by atoms with Crippen LogP contribution in [0, 0.1) is 0 Å². The molecule has 0 atom stereocenters. The van der Waals surface area contributed by atoms with Gasteiger partial charge in [-0.3, -0.25) is 19.6 Å². The molecule has 0 aliphatic carbocycles. The van der Waals surface area contributed by atoms with Crippen LogP contribution in [0.2, 0.25) is 0 Å². The number of rotatable bonds is 6.